The van der Waals surface area contributed by atoms with Crippen molar-refractivity contribution in [1.82, 2.24) is 5.32 Å². The maximum atomic E-state index is 11.1. The fourth-order valence-electron chi connectivity index (χ4n) is 2.41. The lowest BCUT2D eigenvalue weighted by atomic mass is 9.51. The zero-order chi connectivity index (χ0) is 8.60. The Morgan fingerprint density at radius 1 is 1.50 bits per heavy atom. The Morgan fingerprint density at radius 2 is 2.17 bits per heavy atom. The molecule has 0 heterocycles. The van der Waals surface area contributed by atoms with E-state index >= 15 is 0 Å². The molecule has 0 unspecified atom stereocenters. The molecule has 0 saturated heterocycles. The first-order chi connectivity index (χ1) is 5.76. The van der Waals surface area contributed by atoms with Crippen molar-refractivity contribution in [1.29, 1.82) is 5.26 Å². The van der Waals surface area contributed by atoms with Crippen molar-refractivity contribution in [2.75, 3.05) is 0 Å². The van der Waals surface area contributed by atoms with E-state index < -0.39 is 0 Å². The highest BCUT2D eigenvalue weighted by atomic mass is 16.1. The van der Waals surface area contributed by atoms with Crippen molar-refractivity contribution >= 4 is 5.91 Å². The third kappa shape index (κ3) is 0.989. The molecule has 64 valence electrons. The van der Waals surface area contributed by atoms with Crippen LogP contribution in [0.1, 0.15) is 32.1 Å². The molecule has 0 radical (unpaired) electrons. The van der Waals surface area contributed by atoms with Crippen LogP contribution in [0.5, 0.6) is 0 Å². The Bertz CT molecular complexity index is 242. The van der Waals surface area contributed by atoms with Gasteiger partial charge in [-0.25, -0.2) is 0 Å². The monoisotopic (exact) mass is 164 g/mol. The fourth-order valence-corrected chi connectivity index (χ4v) is 2.41. The maximum absolute atomic E-state index is 11.1. The van der Waals surface area contributed by atoms with Crippen molar-refractivity contribution in [3.63, 3.8) is 0 Å². The van der Waals surface area contributed by atoms with Crippen LogP contribution < -0.4 is 5.32 Å². The summed E-state index contributed by atoms with van der Waals surface area (Å²) in [5.41, 5.74) is 0.525. The molecule has 0 aromatic rings. The standard InChI is InChI=1S/C9H12N2O/c10-6-11-8(12)7-4-9(5-7)2-1-3-9/h7H,1-5H2,(H,11,12). The molecule has 2 aliphatic carbocycles. The molecule has 1 N–H and O–H groups in total. The molecule has 12 heavy (non-hydrogen) atoms. The number of hydrogen-bond donors (Lipinski definition) is 1. The van der Waals surface area contributed by atoms with E-state index in [0.717, 1.165) is 12.8 Å². The summed E-state index contributed by atoms with van der Waals surface area (Å²) in [5.74, 6) is 0.0555. The molecule has 0 aliphatic heterocycles. The lowest BCUT2D eigenvalue weighted by molar-refractivity contribution is -0.135. The Labute approximate surface area is 71.8 Å². The second-order valence-corrected chi connectivity index (χ2v) is 4.06. The molecule has 0 aromatic carbocycles. The fraction of sp³-hybridized carbons (Fsp3) is 0.778. The number of rotatable bonds is 1. The van der Waals surface area contributed by atoms with Gasteiger partial charge in [0.1, 0.15) is 0 Å². The summed E-state index contributed by atoms with van der Waals surface area (Å²) in [5, 5.41) is 10.4. The molecule has 2 aliphatic rings. The van der Waals surface area contributed by atoms with Crippen LogP contribution in [0, 0.1) is 22.8 Å². The lowest BCUT2D eigenvalue weighted by Gasteiger charge is -2.53. The van der Waals surface area contributed by atoms with Crippen LogP contribution in [0.15, 0.2) is 0 Å². The Morgan fingerprint density at radius 3 is 2.58 bits per heavy atom. The molecule has 3 nitrogen and oxygen atoms in total. The van der Waals surface area contributed by atoms with Gasteiger partial charge in [-0.15, -0.1) is 0 Å². The largest absolute Gasteiger partial charge is 0.274 e. The van der Waals surface area contributed by atoms with E-state index in [1.54, 1.807) is 6.19 Å². The minimum atomic E-state index is -0.0741. The molecule has 2 saturated carbocycles. The number of nitrogens with zero attached hydrogens (tertiary/aromatic N) is 1. The minimum absolute atomic E-state index is 0.0741. The van der Waals surface area contributed by atoms with Crippen molar-refractivity contribution < 1.29 is 4.79 Å². The SMILES string of the molecule is N#CNC(=O)C1CC2(CCC2)C1. The summed E-state index contributed by atoms with van der Waals surface area (Å²) in [6, 6.07) is 0. The van der Waals surface area contributed by atoms with Gasteiger partial charge in [-0.2, -0.15) is 5.26 Å². The van der Waals surface area contributed by atoms with Gasteiger partial charge in [0.25, 0.3) is 0 Å². The normalized spacial score (nSPS) is 25.2. The number of nitriles is 1. The summed E-state index contributed by atoms with van der Waals surface area (Å²) >= 11 is 0. The molecule has 1 amide bonds. The van der Waals surface area contributed by atoms with Gasteiger partial charge in [-0.05, 0) is 31.1 Å². The van der Waals surface area contributed by atoms with Gasteiger partial charge in [0.2, 0.25) is 5.91 Å². The molecule has 0 aromatic heterocycles. The minimum Gasteiger partial charge on any atom is -0.274 e. The Balaban J connectivity index is 1.81. The predicted octanol–water partition coefficient (Wildman–Crippen LogP) is 1.16. The molecule has 2 fully saturated rings. The number of carbonyl (C=O) groups is 1. The number of carbonyl (C=O) groups excluding carboxylic acids is 1. The van der Waals surface area contributed by atoms with Crippen molar-refractivity contribution in [2.24, 2.45) is 11.3 Å². The highest BCUT2D eigenvalue weighted by molar-refractivity contribution is 5.81. The number of hydrogen-bond acceptors (Lipinski definition) is 2. The van der Waals surface area contributed by atoms with Crippen LogP contribution in [-0.2, 0) is 4.79 Å². The quantitative estimate of drug-likeness (QED) is 0.467. The maximum Gasteiger partial charge on any atom is 0.236 e. The van der Waals surface area contributed by atoms with E-state index in [0.29, 0.717) is 5.41 Å². The van der Waals surface area contributed by atoms with Crippen molar-refractivity contribution in [3.8, 4) is 6.19 Å². The van der Waals surface area contributed by atoms with Crippen molar-refractivity contribution in [3.05, 3.63) is 0 Å². The third-order valence-corrected chi connectivity index (χ3v) is 3.32. The first-order valence-electron chi connectivity index (χ1n) is 4.45. The van der Waals surface area contributed by atoms with Gasteiger partial charge in [0.05, 0.1) is 0 Å². The van der Waals surface area contributed by atoms with Gasteiger partial charge in [0, 0.05) is 5.92 Å². The van der Waals surface area contributed by atoms with E-state index in [9.17, 15) is 4.79 Å². The Kier molecular flexibility index (Phi) is 1.57. The van der Waals surface area contributed by atoms with Crippen molar-refractivity contribution in [2.45, 2.75) is 32.1 Å². The van der Waals surface area contributed by atoms with Gasteiger partial charge in [-0.3, -0.25) is 10.1 Å². The van der Waals surface area contributed by atoms with E-state index in [1.165, 1.54) is 19.3 Å². The number of amides is 1. The smallest absolute Gasteiger partial charge is 0.236 e. The number of nitrogens with one attached hydrogen (secondary N) is 1. The summed E-state index contributed by atoms with van der Waals surface area (Å²) in [6.07, 6.45) is 7.63. The second kappa shape index (κ2) is 2.48. The summed E-state index contributed by atoms with van der Waals surface area (Å²) < 4.78 is 0. The first kappa shape index (κ1) is 7.60. The average Bonchev–Trinajstić information content (AvgIpc) is 1.81. The topological polar surface area (TPSA) is 52.9 Å². The summed E-state index contributed by atoms with van der Waals surface area (Å²) in [7, 11) is 0. The molecule has 1 spiro atoms. The van der Waals surface area contributed by atoms with Crippen LogP contribution in [0.25, 0.3) is 0 Å². The summed E-state index contributed by atoms with van der Waals surface area (Å²) in [6.45, 7) is 0. The molecule has 0 bridgehead atoms. The van der Waals surface area contributed by atoms with E-state index in [-0.39, 0.29) is 11.8 Å². The molecular weight excluding hydrogens is 152 g/mol. The first-order valence-corrected chi connectivity index (χ1v) is 4.45. The van der Waals surface area contributed by atoms with Crippen LogP contribution in [0.3, 0.4) is 0 Å². The predicted molar refractivity (Wildman–Crippen MR) is 42.8 cm³/mol. The summed E-state index contributed by atoms with van der Waals surface area (Å²) in [4.78, 5) is 11.1. The van der Waals surface area contributed by atoms with Gasteiger partial charge < -0.3 is 0 Å². The lowest BCUT2D eigenvalue weighted by Crippen LogP contribution is -2.48. The zero-order valence-electron chi connectivity index (χ0n) is 6.97. The van der Waals surface area contributed by atoms with Gasteiger partial charge >= 0.3 is 0 Å². The van der Waals surface area contributed by atoms with Crippen LogP contribution in [0.2, 0.25) is 0 Å². The highest BCUT2D eigenvalue weighted by Crippen LogP contribution is 2.58. The zero-order valence-corrected chi connectivity index (χ0v) is 6.97. The Hall–Kier alpha value is -1.04. The van der Waals surface area contributed by atoms with E-state index in [2.05, 4.69) is 5.32 Å². The van der Waals surface area contributed by atoms with E-state index in [4.69, 9.17) is 5.26 Å². The highest BCUT2D eigenvalue weighted by Gasteiger charge is 2.50. The van der Waals surface area contributed by atoms with Gasteiger partial charge in [0.15, 0.2) is 6.19 Å². The molecular formula is C9H12N2O. The second-order valence-electron chi connectivity index (χ2n) is 4.06. The molecule has 0 atom stereocenters. The average molecular weight is 164 g/mol. The van der Waals surface area contributed by atoms with Crippen LogP contribution >= 0.6 is 0 Å². The third-order valence-electron chi connectivity index (χ3n) is 3.32. The van der Waals surface area contributed by atoms with E-state index in [1.807, 2.05) is 0 Å². The molecule has 3 heteroatoms. The van der Waals surface area contributed by atoms with Crippen LogP contribution in [0.4, 0.5) is 0 Å². The van der Waals surface area contributed by atoms with Crippen LogP contribution in [-0.4, -0.2) is 5.91 Å². The van der Waals surface area contributed by atoms with Gasteiger partial charge in [-0.1, -0.05) is 6.42 Å². The molecule has 2 rings (SSSR count).